The van der Waals surface area contributed by atoms with Gasteiger partial charge >= 0.3 is 5.97 Å². The van der Waals surface area contributed by atoms with Gasteiger partial charge in [0.2, 0.25) is 0 Å². The van der Waals surface area contributed by atoms with Crippen LogP contribution >= 0.6 is 12.4 Å². The summed E-state index contributed by atoms with van der Waals surface area (Å²) >= 11 is 0. The van der Waals surface area contributed by atoms with Crippen LogP contribution in [0.15, 0.2) is 0 Å². The molecule has 0 atom stereocenters. The molecule has 0 radical (unpaired) electrons. The van der Waals surface area contributed by atoms with Crippen molar-refractivity contribution in [3.63, 3.8) is 0 Å². The van der Waals surface area contributed by atoms with Crippen LogP contribution in [-0.4, -0.2) is 19.1 Å². The first-order valence-electron chi connectivity index (χ1n) is 9.17. The molecule has 0 saturated carbocycles. The van der Waals surface area contributed by atoms with E-state index in [0.29, 0.717) is 19.6 Å². The summed E-state index contributed by atoms with van der Waals surface area (Å²) in [6.45, 7) is 3.41. The molecule has 0 aromatic heterocycles. The third-order valence-corrected chi connectivity index (χ3v) is 3.85. The number of halogens is 1. The lowest BCUT2D eigenvalue weighted by molar-refractivity contribution is -0.143. The van der Waals surface area contributed by atoms with Crippen LogP contribution in [0, 0.1) is 0 Å². The summed E-state index contributed by atoms with van der Waals surface area (Å²) in [6, 6.07) is 0. The normalized spacial score (nSPS) is 10.3. The van der Waals surface area contributed by atoms with Gasteiger partial charge < -0.3 is 10.5 Å². The van der Waals surface area contributed by atoms with E-state index >= 15 is 0 Å². The van der Waals surface area contributed by atoms with Gasteiger partial charge in [0.15, 0.2) is 0 Å². The molecule has 0 aromatic carbocycles. The Morgan fingerprint density at radius 1 is 0.773 bits per heavy atom. The monoisotopic (exact) mass is 335 g/mol. The van der Waals surface area contributed by atoms with Crippen LogP contribution in [0.2, 0.25) is 0 Å². The lowest BCUT2D eigenvalue weighted by Gasteiger charge is -2.05. The summed E-state index contributed by atoms with van der Waals surface area (Å²) < 4.78 is 5.14. The molecule has 0 spiro atoms. The molecule has 0 unspecified atom stereocenters. The fourth-order valence-electron chi connectivity index (χ4n) is 2.45. The Labute approximate surface area is 144 Å². The van der Waals surface area contributed by atoms with Crippen molar-refractivity contribution in [2.75, 3.05) is 13.2 Å². The van der Waals surface area contributed by atoms with E-state index in [9.17, 15) is 4.79 Å². The Morgan fingerprint density at radius 2 is 1.23 bits per heavy atom. The van der Waals surface area contributed by atoms with Crippen LogP contribution in [0.1, 0.15) is 96.8 Å². The summed E-state index contributed by atoms with van der Waals surface area (Å²) in [5, 5.41) is 0. The SMILES string of the molecule is CCCCCCCCCCCCCCOC(=O)CCCN.Cl. The average molecular weight is 336 g/mol. The Morgan fingerprint density at radius 3 is 1.68 bits per heavy atom. The molecule has 22 heavy (non-hydrogen) atoms. The predicted molar refractivity (Wildman–Crippen MR) is 97.6 cm³/mol. The molecule has 4 heteroatoms. The number of esters is 1. The van der Waals surface area contributed by atoms with Gasteiger partial charge in [-0.15, -0.1) is 12.4 Å². The van der Waals surface area contributed by atoms with Gasteiger partial charge in [-0.2, -0.15) is 0 Å². The van der Waals surface area contributed by atoms with Gasteiger partial charge in [-0.3, -0.25) is 4.79 Å². The highest BCUT2D eigenvalue weighted by Gasteiger charge is 2.00. The second kappa shape index (κ2) is 20.7. The van der Waals surface area contributed by atoms with E-state index in [-0.39, 0.29) is 18.4 Å². The Balaban J connectivity index is 0. The number of carbonyl (C=O) groups excluding carboxylic acids is 1. The first kappa shape index (κ1) is 24.0. The van der Waals surface area contributed by atoms with Gasteiger partial charge in [0.05, 0.1) is 6.61 Å². The Kier molecular flexibility index (Phi) is 22.6. The minimum atomic E-state index is -0.0940. The Bertz CT molecular complexity index is 225. The quantitative estimate of drug-likeness (QED) is 0.304. The van der Waals surface area contributed by atoms with Crippen LogP contribution in [0.5, 0.6) is 0 Å². The summed E-state index contributed by atoms with van der Waals surface area (Å²) in [7, 11) is 0. The van der Waals surface area contributed by atoms with Gasteiger partial charge in [0, 0.05) is 6.42 Å². The van der Waals surface area contributed by atoms with Gasteiger partial charge in [0.25, 0.3) is 0 Å². The van der Waals surface area contributed by atoms with E-state index in [0.717, 1.165) is 12.8 Å². The molecular formula is C18H38ClNO2. The van der Waals surface area contributed by atoms with Crippen molar-refractivity contribution in [1.29, 1.82) is 0 Å². The van der Waals surface area contributed by atoms with Crippen molar-refractivity contribution >= 4 is 18.4 Å². The number of carbonyl (C=O) groups is 1. The van der Waals surface area contributed by atoms with Crippen molar-refractivity contribution in [2.45, 2.75) is 96.8 Å². The maximum Gasteiger partial charge on any atom is 0.305 e. The molecule has 0 bridgehead atoms. The topological polar surface area (TPSA) is 52.3 Å². The summed E-state index contributed by atoms with van der Waals surface area (Å²) in [4.78, 5) is 11.2. The zero-order valence-electron chi connectivity index (χ0n) is 14.6. The molecular weight excluding hydrogens is 298 g/mol. The second-order valence-electron chi connectivity index (χ2n) is 6.00. The molecule has 0 aromatic rings. The fourth-order valence-corrected chi connectivity index (χ4v) is 2.45. The number of hydrogen-bond acceptors (Lipinski definition) is 3. The number of ether oxygens (including phenoxy) is 1. The molecule has 0 aliphatic heterocycles. The second-order valence-corrected chi connectivity index (χ2v) is 6.00. The van der Waals surface area contributed by atoms with E-state index < -0.39 is 0 Å². The van der Waals surface area contributed by atoms with Crippen LogP contribution < -0.4 is 5.73 Å². The standard InChI is InChI=1S/C18H37NO2.ClH/c1-2-3-4-5-6-7-8-9-10-11-12-13-17-21-18(20)15-14-16-19;/h2-17,19H2,1H3;1H. The van der Waals surface area contributed by atoms with Crippen LogP contribution in [0.3, 0.4) is 0 Å². The highest BCUT2D eigenvalue weighted by Crippen LogP contribution is 2.11. The van der Waals surface area contributed by atoms with Crippen molar-refractivity contribution in [2.24, 2.45) is 5.73 Å². The molecule has 0 aliphatic carbocycles. The van der Waals surface area contributed by atoms with Gasteiger partial charge in [-0.1, -0.05) is 77.6 Å². The number of hydrogen-bond donors (Lipinski definition) is 1. The first-order valence-corrected chi connectivity index (χ1v) is 9.17. The van der Waals surface area contributed by atoms with E-state index in [2.05, 4.69) is 6.92 Å². The summed E-state index contributed by atoms with van der Waals surface area (Å²) in [5.41, 5.74) is 5.34. The Hall–Kier alpha value is -0.280. The van der Waals surface area contributed by atoms with E-state index in [1.54, 1.807) is 0 Å². The minimum Gasteiger partial charge on any atom is -0.466 e. The summed E-state index contributed by atoms with van der Waals surface area (Å²) in [6.07, 6.45) is 17.1. The molecule has 3 nitrogen and oxygen atoms in total. The zero-order valence-corrected chi connectivity index (χ0v) is 15.4. The molecule has 0 fully saturated rings. The number of rotatable bonds is 16. The van der Waals surface area contributed by atoms with Crippen molar-refractivity contribution < 1.29 is 9.53 Å². The maximum atomic E-state index is 11.2. The highest BCUT2D eigenvalue weighted by molar-refractivity contribution is 5.85. The van der Waals surface area contributed by atoms with Crippen molar-refractivity contribution in [3.05, 3.63) is 0 Å². The van der Waals surface area contributed by atoms with Crippen LogP contribution in [0.25, 0.3) is 0 Å². The molecule has 0 amide bonds. The highest BCUT2D eigenvalue weighted by atomic mass is 35.5. The number of unbranched alkanes of at least 4 members (excludes halogenated alkanes) is 11. The number of nitrogens with two attached hydrogens (primary N) is 1. The third-order valence-electron chi connectivity index (χ3n) is 3.85. The van der Waals surface area contributed by atoms with E-state index in [1.165, 1.54) is 70.6 Å². The molecule has 0 rings (SSSR count). The van der Waals surface area contributed by atoms with Gasteiger partial charge in [-0.05, 0) is 19.4 Å². The smallest absolute Gasteiger partial charge is 0.305 e. The van der Waals surface area contributed by atoms with Crippen LogP contribution in [0.4, 0.5) is 0 Å². The minimum absolute atomic E-state index is 0. The molecule has 2 N–H and O–H groups in total. The average Bonchev–Trinajstić information content (AvgIpc) is 2.49. The van der Waals surface area contributed by atoms with E-state index in [1.807, 2.05) is 0 Å². The van der Waals surface area contributed by atoms with Crippen LogP contribution in [-0.2, 0) is 9.53 Å². The molecule has 134 valence electrons. The molecule has 0 heterocycles. The first-order chi connectivity index (χ1) is 10.3. The van der Waals surface area contributed by atoms with Crippen molar-refractivity contribution in [1.82, 2.24) is 0 Å². The fraction of sp³-hybridized carbons (Fsp3) is 0.944. The predicted octanol–water partition coefficient (Wildman–Crippen LogP) is 5.39. The lowest BCUT2D eigenvalue weighted by Crippen LogP contribution is -2.08. The lowest BCUT2D eigenvalue weighted by atomic mass is 10.1. The molecule has 0 saturated heterocycles. The largest absolute Gasteiger partial charge is 0.466 e. The zero-order chi connectivity index (χ0) is 15.6. The van der Waals surface area contributed by atoms with E-state index in [4.69, 9.17) is 10.5 Å². The summed E-state index contributed by atoms with van der Waals surface area (Å²) in [5.74, 6) is -0.0940. The van der Waals surface area contributed by atoms with Crippen molar-refractivity contribution in [3.8, 4) is 0 Å². The van der Waals surface area contributed by atoms with Gasteiger partial charge in [-0.25, -0.2) is 0 Å². The molecule has 0 aliphatic rings. The van der Waals surface area contributed by atoms with Gasteiger partial charge in [0.1, 0.15) is 0 Å². The maximum absolute atomic E-state index is 11.2. The third kappa shape index (κ3) is 19.7.